The largest absolute Gasteiger partial charge is 0.378 e. The number of amides is 1. The summed E-state index contributed by atoms with van der Waals surface area (Å²) in [5, 5.41) is 3.07. The molecule has 2 heterocycles. The Morgan fingerprint density at radius 1 is 0.828 bits per heavy atom. The van der Waals surface area contributed by atoms with Crippen molar-refractivity contribution >= 4 is 23.0 Å². The average Bonchev–Trinajstić information content (AvgIpc) is 2.80. The monoisotopic (exact) mass is 394 g/mol. The molecule has 29 heavy (non-hydrogen) atoms. The van der Waals surface area contributed by atoms with Crippen LogP contribution in [0.5, 0.6) is 0 Å². The molecule has 0 radical (unpaired) electrons. The Kier molecular flexibility index (Phi) is 6.32. The zero-order valence-electron chi connectivity index (χ0n) is 17.1. The summed E-state index contributed by atoms with van der Waals surface area (Å²) in [5.41, 5.74) is 3.28. The van der Waals surface area contributed by atoms with Crippen LogP contribution in [0.15, 0.2) is 54.6 Å². The molecular formula is C23H30N4O2. The SMILES string of the molecule is C[C@@H](C(=O)Nc1ccc(N2CCOCC2)cc1)N1CCN(c2ccccc2)CC1. The Balaban J connectivity index is 1.28. The second kappa shape index (κ2) is 9.29. The van der Waals surface area contributed by atoms with Crippen LogP contribution in [0.25, 0.3) is 0 Å². The van der Waals surface area contributed by atoms with Crippen molar-refractivity contribution in [2.45, 2.75) is 13.0 Å². The fourth-order valence-corrected chi connectivity index (χ4v) is 4.00. The lowest BCUT2D eigenvalue weighted by atomic mass is 10.2. The fourth-order valence-electron chi connectivity index (χ4n) is 4.00. The number of carbonyl (C=O) groups excluding carboxylic acids is 1. The molecule has 2 saturated heterocycles. The highest BCUT2D eigenvalue weighted by molar-refractivity contribution is 5.94. The van der Waals surface area contributed by atoms with Gasteiger partial charge >= 0.3 is 0 Å². The van der Waals surface area contributed by atoms with E-state index in [2.05, 4.69) is 56.4 Å². The van der Waals surface area contributed by atoms with Gasteiger partial charge in [-0.15, -0.1) is 0 Å². The summed E-state index contributed by atoms with van der Waals surface area (Å²) in [6.45, 7) is 9.02. The first-order valence-electron chi connectivity index (χ1n) is 10.5. The van der Waals surface area contributed by atoms with Gasteiger partial charge in [0, 0.05) is 56.3 Å². The molecule has 2 aliphatic rings. The zero-order chi connectivity index (χ0) is 20.1. The number of piperazine rings is 1. The number of nitrogens with one attached hydrogen (secondary N) is 1. The van der Waals surface area contributed by atoms with Crippen LogP contribution in [0, 0.1) is 0 Å². The number of benzene rings is 2. The van der Waals surface area contributed by atoms with E-state index in [0.717, 1.165) is 58.2 Å². The van der Waals surface area contributed by atoms with Crippen LogP contribution in [-0.2, 0) is 9.53 Å². The van der Waals surface area contributed by atoms with Crippen LogP contribution >= 0.6 is 0 Å². The van der Waals surface area contributed by atoms with E-state index < -0.39 is 0 Å². The molecule has 2 aromatic rings. The van der Waals surface area contributed by atoms with Crippen molar-refractivity contribution in [3.8, 4) is 0 Å². The number of morpholine rings is 1. The van der Waals surface area contributed by atoms with Crippen molar-refractivity contribution in [3.05, 3.63) is 54.6 Å². The van der Waals surface area contributed by atoms with E-state index in [9.17, 15) is 4.79 Å². The molecular weight excluding hydrogens is 364 g/mol. The first kappa shape index (κ1) is 19.7. The van der Waals surface area contributed by atoms with Gasteiger partial charge in [-0.05, 0) is 43.3 Å². The molecule has 154 valence electrons. The van der Waals surface area contributed by atoms with Crippen molar-refractivity contribution in [2.24, 2.45) is 0 Å². The van der Waals surface area contributed by atoms with Gasteiger partial charge in [0.25, 0.3) is 0 Å². The van der Waals surface area contributed by atoms with E-state index in [1.54, 1.807) is 0 Å². The normalized spacial score (nSPS) is 19.1. The van der Waals surface area contributed by atoms with Crippen molar-refractivity contribution < 1.29 is 9.53 Å². The van der Waals surface area contributed by atoms with E-state index in [-0.39, 0.29) is 11.9 Å². The third-order valence-corrected chi connectivity index (χ3v) is 5.87. The maximum absolute atomic E-state index is 12.8. The lowest BCUT2D eigenvalue weighted by Crippen LogP contribution is -2.52. The average molecular weight is 395 g/mol. The predicted molar refractivity (Wildman–Crippen MR) is 118 cm³/mol. The molecule has 0 bridgehead atoms. The molecule has 6 heteroatoms. The third-order valence-electron chi connectivity index (χ3n) is 5.87. The molecule has 0 unspecified atom stereocenters. The second-order valence-corrected chi connectivity index (χ2v) is 7.67. The summed E-state index contributed by atoms with van der Waals surface area (Å²) in [5.74, 6) is 0.0530. The van der Waals surface area contributed by atoms with Crippen molar-refractivity contribution in [1.29, 1.82) is 0 Å². The van der Waals surface area contributed by atoms with Crippen LogP contribution < -0.4 is 15.1 Å². The van der Waals surface area contributed by atoms with Crippen molar-refractivity contribution in [1.82, 2.24) is 4.90 Å². The van der Waals surface area contributed by atoms with E-state index in [1.807, 2.05) is 25.1 Å². The molecule has 2 aromatic carbocycles. The highest BCUT2D eigenvalue weighted by Crippen LogP contribution is 2.20. The number of para-hydroxylation sites is 1. The smallest absolute Gasteiger partial charge is 0.241 e. The van der Waals surface area contributed by atoms with Gasteiger partial charge < -0.3 is 19.9 Å². The third kappa shape index (κ3) is 4.89. The Labute approximate surface area is 173 Å². The minimum Gasteiger partial charge on any atom is -0.378 e. The van der Waals surface area contributed by atoms with Crippen molar-refractivity contribution in [3.63, 3.8) is 0 Å². The Morgan fingerprint density at radius 2 is 1.41 bits per heavy atom. The molecule has 2 fully saturated rings. The Morgan fingerprint density at radius 3 is 2.07 bits per heavy atom. The molecule has 4 rings (SSSR count). The fraction of sp³-hybridized carbons (Fsp3) is 0.435. The van der Waals surface area contributed by atoms with Crippen LogP contribution in [0.2, 0.25) is 0 Å². The maximum atomic E-state index is 12.8. The number of carbonyl (C=O) groups is 1. The van der Waals surface area contributed by atoms with Crippen LogP contribution in [0.1, 0.15) is 6.92 Å². The second-order valence-electron chi connectivity index (χ2n) is 7.67. The van der Waals surface area contributed by atoms with Crippen LogP contribution in [0.3, 0.4) is 0 Å². The quantitative estimate of drug-likeness (QED) is 0.845. The summed E-state index contributed by atoms with van der Waals surface area (Å²) in [4.78, 5) is 19.7. The van der Waals surface area contributed by atoms with E-state index >= 15 is 0 Å². The van der Waals surface area contributed by atoms with Gasteiger partial charge in [-0.25, -0.2) is 0 Å². The summed E-state index contributed by atoms with van der Waals surface area (Å²) < 4.78 is 5.41. The molecule has 2 aliphatic heterocycles. The van der Waals surface area contributed by atoms with Crippen molar-refractivity contribution in [2.75, 3.05) is 67.6 Å². The number of hydrogen-bond donors (Lipinski definition) is 1. The summed E-state index contributed by atoms with van der Waals surface area (Å²) in [6.07, 6.45) is 0. The minimum absolute atomic E-state index is 0.0530. The molecule has 0 aromatic heterocycles. The van der Waals surface area contributed by atoms with E-state index in [4.69, 9.17) is 4.74 Å². The number of rotatable bonds is 5. The van der Waals surface area contributed by atoms with E-state index in [0.29, 0.717) is 0 Å². The van der Waals surface area contributed by atoms with E-state index in [1.165, 1.54) is 11.4 Å². The molecule has 1 N–H and O–H groups in total. The van der Waals surface area contributed by atoms with Gasteiger partial charge in [-0.2, -0.15) is 0 Å². The first-order chi connectivity index (χ1) is 14.2. The van der Waals surface area contributed by atoms with Gasteiger partial charge in [0.05, 0.1) is 19.3 Å². The van der Waals surface area contributed by atoms with Gasteiger partial charge in [0.1, 0.15) is 0 Å². The van der Waals surface area contributed by atoms with Gasteiger partial charge in [0.15, 0.2) is 0 Å². The molecule has 1 atom stereocenters. The number of anilines is 3. The summed E-state index contributed by atoms with van der Waals surface area (Å²) in [6, 6.07) is 18.5. The molecule has 0 spiro atoms. The lowest BCUT2D eigenvalue weighted by Gasteiger charge is -2.38. The Hall–Kier alpha value is -2.57. The zero-order valence-corrected chi connectivity index (χ0v) is 17.1. The maximum Gasteiger partial charge on any atom is 0.241 e. The minimum atomic E-state index is -0.146. The standard InChI is InChI=1S/C23H30N4O2/c1-19(25-11-13-26(14-12-25)21-5-3-2-4-6-21)23(28)24-20-7-9-22(10-8-20)27-15-17-29-18-16-27/h2-10,19H,11-18H2,1H3,(H,24,28)/t19-/m0/s1. The van der Waals surface area contributed by atoms with Crippen LogP contribution in [0.4, 0.5) is 17.1 Å². The van der Waals surface area contributed by atoms with Gasteiger partial charge in [-0.3, -0.25) is 9.69 Å². The predicted octanol–water partition coefficient (Wildman–Crippen LogP) is 2.67. The van der Waals surface area contributed by atoms with Gasteiger partial charge in [0.2, 0.25) is 5.91 Å². The Bertz CT molecular complexity index is 782. The number of nitrogens with zero attached hydrogens (tertiary/aromatic N) is 3. The van der Waals surface area contributed by atoms with Gasteiger partial charge in [-0.1, -0.05) is 18.2 Å². The topological polar surface area (TPSA) is 48.1 Å². The first-order valence-corrected chi connectivity index (χ1v) is 10.5. The highest BCUT2D eigenvalue weighted by Gasteiger charge is 2.25. The molecule has 0 aliphatic carbocycles. The molecule has 0 saturated carbocycles. The molecule has 1 amide bonds. The number of hydrogen-bond acceptors (Lipinski definition) is 5. The summed E-state index contributed by atoms with van der Waals surface area (Å²) >= 11 is 0. The number of ether oxygens (including phenoxy) is 1. The highest BCUT2D eigenvalue weighted by atomic mass is 16.5. The van der Waals surface area contributed by atoms with Crippen LogP contribution in [-0.4, -0.2) is 69.3 Å². The summed E-state index contributed by atoms with van der Waals surface area (Å²) in [7, 11) is 0. The lowest BCUT2D eigenvalue weighted by molar-refractivity contribution is -0.120. The molecule has 6 nitrogen and oxygen atoms in total.